The van der Waals surface area contributed by atoms with Crippen molar-refractivity contribution in [3.05, 3.63) is 59.7 Å². The number of aliphatic imine (C=N–C) groups is 1. The van der Waals surface area contributed by atoms with Crippen molar-refractivity contribution in [1.82, 2.24) is 10.6 Å². The highest BCUT2D eigenvalue weighted by atomic mass is 19.4. The van der Waals surface area contributed by atoms with Crippen LogP contribution in [0.1, 0.15) is 11.1 Å². The van der Waals surface area contributed by atoms with E-state index in [0.29, 0.717) is 17.1 Å². The predicted octanol–water partition coefficient (Wildman–Crippen LogP) is 4.09. The molecule has 10 heteroatoms. The Morgan fingerprint density at radius 1 is 0.931 bits per heavy atom. The molecule has 0 bridgehead atoms. The van der Waals surface area contributed by atoms with Crippen LogP contribution < -0.4 is 20.1 Å². The van der Waals surface area contributed by atoms with E-state index in [4.69, 9.17) is 4.74 Å². The average Bonchev–Trinajstić information content (AvgIpc) is 2.67. The van der Waals surface area contributed by atoms with Gasteiger partial charge in [-0.15, -0.1) is 0 Å². The Morgan fingerprint density at radius 2 is 1.45 bits per heavy atom. The smallest absolute Gasteiger partial charge is 0.422 e. The highest BCUT2D eigenvalue weighted by Crippen LogP contribution is 2.22. The quantitative estimate of drug-likeness (QED) is 0.386. The molecular weight excluding hydrogens is 397 g/mol. The van der Waals surface area contributed by atoms with Crippen molar-refractivity contribution in [3.63, 3.8) is 0 Å². The molecule has 0 saturated carbocycles. The molecule has 2 aromatic carbocycles. The van der Waals surface area contributed by atoms with Gasteiger partial charge in [-0.3, -0.25) is 4.99 Å². The molecule has 0 saturated heterocycles. The molecule has 158 valence electrons. The number of alkyl halides is 5. The Balaban J connectivity index is 1.95. The van der Waals surface area contributed by atoms with Gasteiger partial charge in [-0.25, -0.2) is 0 Å². The zero-order valence-electron chi connectivity index (χ0n) is 15.5. The summed E-state index contributed by atoms with van der Waals surface area (Å²) in [6.45, 7) is -4.04. The molecule has 0 spiro atoms. The molecule has 0 radical (unpaired) electrons. The molecule has 0 atom stereocenters. The van der Waals surface area contributed by atoms with Crippen LogP contribution in [0.2, 0.25) is 0 Å². The minimum Gasteiger partial charge on any atom is -0.484 e. The van der Waals surface area contributed by atoms with Crippen LogP contribution in [0, 0.1) is 0 Å². The summed E-state index contributed by atoms with van der Waals surface area (Å²) >= 11 is 0. The molecular formula is C19H20F5N3O2. The average molecular weight is 417 g/mol. The van der Waals surface area contributed by atoms with Crippen LogP contribution in [0.5, 0.6) is 11.5 Å². The van der Waals surface area contributed by atoms with E-state index in [0.717, 1.165) is 0 Å². The second-order valence-corrected chi connectivity index (χ2v) is 5.78. The molecule has 0 fully saturated rings. The van der Waals surface area contributed by atoms with E-state index in [1.165, 1.54) is 19.2 Å². The second-order valence-electron chi connectivity index (χ2n) is 5.78. The van der Waals surface area contributed by atoms with Crippen LogP contribution in [0.25, 0.3) is 0 Å². The first-order valence-electron chi connectivity index (χ1n) is 8.53. The number of benzene rings is 2. The van der Waals surface area contributed by atoms with Crippen molar-refractivity contribution in [2.45, 2.75) is 25.9 Å². The lowest BCUT2D eigenvalue weighted by Gasteiger charge is -2.16. The molecule has 0 heterocycles. The van der Waals surface area contributed by atoms with E-state index < -0.39 is 19.4 Å². The van der Waals surface area contributed by atoms with Crippen molar-refractivity contribution in [3.8, 4) is 11.5 Å². The van der Waals surface area contributed by atoms with Crippen LogP contribution in [0.15, 0.2) is 53.5 Å². The fourth-order valence-electron chi connectivity index (χ4n) is 2.39. The zero-order valence-corrected chi connectivity index (χ0v) is 15.5. The van der Waals surface area contributed by atoms with Gasteiger partial charge in [0.15, 0.2) is 12.6 Å². The molecule has 29 heavy (non-hydrogen) atoms. The molecule has 0 unspecified atom stereocenters. The van der Waals surface area contributed by atoms with Gasteiger partial charge in [-0.2, -0.15) is 22.0 Å². The van der Waals surface area contributed by atoms with E-state index in [2.05, 4.69) is 20.4 Å². The van der Waals surface area contributed by atoms with E-state index in [1.54, 1.807) is 36.4 Å². The molecule has 0 aliphatic carbocycles. The molecule has 0 amide bonds. The molecule has 2 N–H and O–H groups in total. The van der Waals surface area contributed by atoms with Crippen LogP contribution in [0.3, 0.4) is 0 Å². The predicted molar refractivity (Wildman–Crippen MR) is 98.1 cm³/mol. The maximum Gasteiger partial charge on any atom is 0.422 e. The largest absolute Gasteiger partial charge is 0.484 e. The number of hydrogen-bond donors (Lipinski definition) is 2. The van der Waals surface area contributed by atoms with Gasteiger partial charge in [-0.05, 0) is 12.1 Å². The fourth-order valence-corrected chi connectivity index (χ4v) is 2.39. The van der Waals surface area contributed by atoms with Gasteiger partial charge in [0.2, 0.25) is 0 Å². The first-order valence-corrected chi connectivity index (χ1v) is 8.53. The molecule has 0 aliphatic heterocycles. The van der Waals surface area contributed by atoms with Gasteiger partial charge in [0.1, 0.15) is 11.5 Å². The van der Waals surface area contributed by atoms with E-state index >= 15 is 0 Å². The van der Waals surface area contributed by atoms with Gasteiger partial charge in [-0.1, -0.05) is 36.4 Å². The van der Waals surface area contributed by atoms with Gasteiger partial charge >= 0.3 is 12.8 Å². The maximum absolute atomic E-state index is 12.5. The van der Waals surface area contributed by atoms with Crippen LogP contribution in [0.4, 0.5) is 22.0 Å². The Bertz CT molecular complexity index is 812. The third kappa shape index (κ3) is 7.84. The SMILES string of the molecule is CN=C(NCc1ccccc1OCC(F)(F)F)NCc1ccccc1OC(F)F. The molecule has 0 aromatic heterocycles. The monoisotopic (exact) mass is 417 g/mol. The number of rotatable bonds is 8. The number of nitrogens with zero attached hydrogens (tertiary/aromatic N) is 1. The standard InChI is InChI=1S/C19H20F5N3O2/c1-25-18(27-11-14-7-3-5-9-16(14)29-17(20)21)26-10-13-6-2-4-8-15(13)28-12-19(22,23)24/h2-9,17H,10-12H2,1H3,(H2,25,26,27). The minimum atomic E-state index is -4.44. The Hall–Kier alpha value is -3.04. The number of ether oxygens (including phenoxy) is 2. The van der Waals surface area contributed by atoms with E-state index in [-0.39, 0.29) is 24.6 Å². The lowest BCUT2D eigenvalue weighted by atomic mass is 10.2. The van der Waals surface area contributed by atoms with E-state index in [9.17, 15) is 22.0 Å². The topological polar surface area (TPSA) is 54.9 Å². The molecule has 0 aliphatic rings. The minimum absolute atomic E-state index is 0.0383. The Labute approximate surface area is 164 Å². The maximum atomic E-state index is 12.5. The van der Waals surface area contributed by atoms with Crippen LogP contribution in [-0.2, 0) is 13.1 Å². The lowest BCUT2D eigenvalue weighted by Crippen LogP contribution is -2.36. The fraction of sp³-hybridized carbons (Fsp3) is 0.316. The van der Waals surface area contributed by atoms with Crippen molar-refractivity contribution >= 4 is 5.96 Å². The van der Waals surface area contributed by atoms with Crippen molar-refractivity contribution in [2.75, 3.05) is 13.7 Å². The summed E-state index contributed by atoms with van der Waals surface area (Å²) in [5.74, 6) is 0.460. The molecule has 5 nitrogen and oxygen atoms in total. The first kappa shape index (κ1) is 22.3. The number of para-hydroxylation sites is 2. The number of hydrogen-bond acceptors (Lipinski definition) is 3. The van der Waals surface area contributed by atoms with Gasteiger partial charge < -0.3 is 20.1 Å². The Morgan fingerprint density at radius 3 is 1.97 bits per heavy atom. The Kier molecular flexibility index (Phi) is 8.05. The van der Waals surface area contributed by atoms with Crippen LogP contribution in [-0.4, -0.2) is 32.4 Å². The lowest BCUT2D eigenvalue weighted by molar-refractivity contribution is -0.153. The van der Waals surface area contributed by atoms with Gasteiger partial charge in [0.25, 0.3) is 0 Å². The summed E-state index contributed by atoms with van der Waals surface area (Å²) in [5, 5.41) is 5.88. The number of halogens is 5. The summed E-state index contributed by atoms with van der Waals surface area (Å²) in [7, 11) is 1.50. The second kappa shape index (κ2) is 10.5. The summed E-state index contributed by atoms with van der Waals surface area (Å²) < 4.78 is 71.4. The van der Waals surface area contributed by atoms with Crippen LogP contribution >= 0.6 is 0 Å². The zero-order chi connectivity index (χ0) is 21.3. The van der Waals surface area contributed by atoms with E-state index in [1.807, 2.05) is 0 Å². The summed E-state index contributed by atoms with van der Waals surface area (Å²) in [6, 6.07) is 12.6. The first-order chi connectivity index (χ1) is 13.8. The third-order valence-corrected chi connectivity index (χ3v) is 3.67. The highest BCUT2D eigenvalue weighted by molar-refractivity contribution is 5.79. The molecule has 2 aromatic rings. The third-order valence-electron chi connectivity index (χ3n) is 3.67. The summed E-state index contributed by atoms with van der Waals surface area (Å²) in [4.78, 5) is 4.01. The summed E-state index contributed by atoms with van der Waals surface area (Å²) in [6.07, 6.45) is -4.44. The summed E-state index contributed by atoms with van der Waals surface area (Å²) in [5.41, 5.74) is 0.991. The van der Waals surface area contributed by atoms with Crippen molar-refractivity contribution in [1.29, 1.82) is 0 Å². The number of guanidine groups is 1. The molecule has 2 rings (SSSR count). The number of nitrogens with one attached hydrogen (secondary N) is 2. The van der Waals surface area contributed by atoms with Gasteiger partial charge in [0, 0.05) is 31.3 Å². The van der Waals surface area contributed by atoms with Gasteiger partial charge in [0.05, 0.1) is 0 Å². The highest BCUT2D eigenvalue weighted by Gasteiger charge is 2.28. The van der Waals surface area contributed by atoms with Crippen molar-refractivity contribution < 1.29 is 31.4 Å². The normalized spacial score (nSPS) is 12.0. The van der Waals surface area contributed by atoms with Crippen molar-refractivity contribution in [2.24, 2.45) is 4.99 Å².